The van der Waals surface area contributed by atoms with Crippen LogP contribution in [-0.2, 0) is 6.54 Å². The highest BCUT2D eigenvalue weighted by Gasteiger charge is 2.07. The van der Waals surface area contributed by atoms with E-state index in [-0.39, 0.29) is 12.6 Å². The minimum absolute atomic E-state index is 0.0799. The zero-order chi connectivity index (χ0) is 15.1. The Morgan fingerprint density at radius 3 is 2.76 bits per heavy atom. The molecule has 3 nitrogen and oxygen atoms in total. The smallest absolute Gasteiger partial charge is 0.174 e. The van der Waals surface area contributed by atoms with Gasteiger partial charge >= 0.3 is 0 Å². The van der Waals surface area contributed by atoms with Crippen molar-refractivity contribution in [2.45, 2.75) is 26.4 Å². The fourth-order valence-electron chi connectivity index (χ4n) is 2.31. The summed E-state index contributed by atoms with van der Waals surface area (Å²) in [5.74, 6) is 0.736. The fourth-order valence-corrected chi connectivity index (χ4v) is 2.31. The summed E-state index contributed by atoms with van der Waals surface area (Å²) in [5.41, 5.74) is 3.75. The van der Waals surface area contributed by atoms with Gasteiger partial charge in [-0.15, -0.1) is 0 Å². The number of nitrogens with one attached hydrogen (secondary N) is 1. The van der Waals surface area contributed by atoms with E-state index in [4.69, 9.17) is 10.00 Å². The summed E-state index contributed by atoms with van der Waals surface area (Å²) in [6.07, 6.45) is 0. The predicted molar refractivity (Wildman–Crippen MR) is 84.0 cm³/mol. The van der Waals surface area contributed by atoms with Crippen molar-refractivity contribution in [3.05, 3.63) is 65.2 Å². The molecule has 0 aliphatic rings. The lowest BCUT2D eigenvalue weighted by Gasteiger charge is -2.17. The van der Waals surface area contributed by atoms with Crippen LogP contribution in [0.15, 0.2) is 48.5 Å². The highest BCUT2D eigenvalue weighted by molar-refractivity contribution is 5.30. The number of benzene rings is 2. The van der Waals surface area contributed by atoms with E-state index >= 15 is 0 Å². The second-order valence-electron chi connectivity index (χ2n) is 5.05. The third-order valence-corrected chi connectivity index (χ3v) is 3.47. The number of hydrogen-bond acceptors (Lipinski definition) is 3. The lowest BCUT2D eigenvalue weighted by molar-refractivity contribution is 0.367. The third-order valence-electron chi connectivity index (χ3n) is 3.47. The van der Waals surface area contributed by atoms with Gasteiger partial charge in [-0.1, -0.05) is 36.4 Å². The summed E-state index contributed by atoms with van der Waals surface area (Å²) >= 11 is 0. The van der Waals surface area contributed by atoms with Crippen LogP contribution in [0.4, 0.5) is 0 Å². The molecular formula is C18H20N2O. The van der Waals surface area contributed by atoms with E-state index in [0.29, 0.717) is 0 Å². The molecule has 0 saturated carbocycles. The summed E-state index contributed by atoms with van der Waals surface area (Å²) in [6.45, 7) is 5.14. The predicted octanol–water partition coefficient (Wildman–Crippen LogP) is 3.75. The second-order valence-corrected chi connectivity index (χ2v) is 5.05. The largest absolute Gasteiger partial charge is 0.479 e. The molecular weight excluding hydrogens is 260 g/mol. The zero-order valence-electron chi connectivity index (χ0n) is 12.5. The van der Waals surface area contributed by atoms with Crippen molar-refractivity contribution in [1.29, 1.82) is 5.26 Å². The lowest BCUT2D eigenvalue weighted by atomic mass is 10.0. The van der Waals surface area contributed by atoms with Crippen LogP contribution in [-0.4, -0.2) is 6.61 Å². The summed E-state index contributed by atoms with van der Waals surface area (Å²) in [5, 5.41) is 12.1. The van der Waals surface area contributed by atoms with E-state index in [1.165, 1.54) is 11.1 Å². The summed E-state index contributed by atoms with van der Waals surface area (Å²) < 4.78 is 5.32. The van der Waals surface area contributed by atoms with Gasteiger partial charge < -0.3 is 10.1 Å². The Balaban J connectivity index is 1.97. The monoisotopic (exact) mass is 280 g/mol. The first-order valence-electron chi connectivity index (χ1n) is 7.08. The molecule has 0 amide bonds. The first kappa shape index (κ1) is 15.1. The number of hydrogen-bond donors (Lipinski definition) is 1. The molecule has 2 aromatic carbocycles. The molecule has 0 spiro atoms. The molecule has 1 unspecified atom stereocenters. The van der Waals surface area contributed by atoms with Crippen molar-refractivity contribution in [2.75, 3.05) is 6.61 Å². The van der Waals surface area contributed by atoms with Gasteiger partial charge in [0.2, 0.25) is 0 Å². The van der Waals surface area contributed by atoms with Gasteiger partial charge in [0.05, 0.1) is 0 Å². The van der Waals surface area contributed by atoms with E-state index in [1.54, 1.807) is 0 Å². The van der Waals surface area contributed by atoms with Crippen molar-refractivity contribution in [2.24, 2.45) is 0 Å². The molecule has 108 valence electrons. The molecule has 1 N–H and O–H groups in total. The summed E-state index contributed by atoms with van der Waals surface area (Å²) in [6, 6.07) is 18.5. The Labute approximate surface area is 126 Å². The van der Waals surface area contributed by atoms with Gasteiger partial charge in [-0.25, -0.2) is 0 Å². The quantitative estimate of drug-likeness (QED) is 0.876. The molecule has 21 heavy (non-hydrogen) atoms. The Kier molecular flexibility index (Phi) is 5.36. The van der Waals surface area contributed by atoms with Gasteiger partial charge in [0.15, 0.2) is 6.61 Å². The Morgan fingerprint density at radius 1 is 1.19 bits per heavy atom. The van der Waals surface area contributed by atoms with Crippen molar-refractivity contribution in [3.8, 4) is 11.8 Å². The molecule has 1 atom stereocenters. The maximum atomic E-state index is 8.54. The molecule has 3 heteroatoms. The summed E-state index contributed by atoms with van der Waals surface area (Å²) in [4.78, 5) is 0. The third kappa shape index (κ3) is 4.34. The molecule has 0 saturated heterocycles. The van der Waals surface area contributed by atoms with Crippen LogP contribution < -0.4 is 10.1 Å². The SMILES string of the molecule is Cc1ccccc1C(C)NCc1cccc(OCC#N)c1. The van der Waals surface area contributed by atoms with Gasteiger partial charge in [-0.2, -0.15) is 5.26 Å². The van der Waals surface area contributed by atoms with Crippen LogP contribution in [0.25, 0.3) is 0 Å². The lowest BCUT2D eigenvalue weighted by Crippen LogP contribution is -2.18. The Morgan fingerprint density at radius 2 is 2.00 bits per heavy atom. The molecule has 0 aliphatic carbocycles. The highest BCUT2D eigenvalue weighted by Crippen LogP contribution is 2.18. The Hall–Kier alpha value is -2.31. The molecule has 2 aromatic rings. The molecule has 0 aromatic heterocycles. The second kappa shape index (κ2) is 7.47. The average Bonchev–Trinajstić information content (AvgIpc) is 2.51. The van der Waals surface area contributed by atoms with Gasteiger partial charge in [-0.05, 0) is 42.7 Å². The van der Waals surface area contributed by atoms with Gasteiger partial charge in [0, 0.05) is 12.6 Å². The molecule has 2 rings (SSSR count). The average molecular weight is 280 g/mol. The van der Waals surface area contributed by atoms with E-state index < -0.39 is 0 Å². The van der Waals surface area contributed by atoms with Crippen LogP contribution in [0.5, 0.6) is 5.75 Å². The van der Waals surface area contributed by atoms with Crippen molar-refractivity contribution in [1.82, 2.24) is 5.32 Å². The molecule has 0 radical (unpaired) electrons. The number of nitrogens with zero attached hydrogens (tertiary/aromatic N) is 1. The van der Waals surface area contributed by atoms with Crippen molar-refractivity contribution in [3.63, 3.8) is 0 Å². The number of ether oxygens (including phenoxy) is 1. The van der Waals surface area contributed by atoms with Crippen LogP contribution in [0.3, 0.4) is 0 Å². The summed E-state index contributed by atoms with van der Waals surface area (Å²) in [7, 11) is 0. The first-order valence-corrected chi connectivity index (χ1v) is 7.08. The van der Waals surface area contributed by atoms with E-state index in [1.807, 2.05) is 24.3 Å². The number of aryl methyl sites for hydroxylation is 1. The maximum absolute atomic E-state index is 8.54. The fraction of sp³-hybridized carbons (Fsp3) is 0.278. The molecule has 0 fully saturated rings. The van der Waals surface area contributed by atoms with E-state index in [2.05, 4.69) is 49.5 Å². The van der Waals surface area contributed by atoms with Crippen LogP contribution in [0.2, 0.25) is 0 Å². The molecule has 0 heterocycles. The van der Waals surface area contributed by atoms with Crippen molar-refractivity contribution >= 4 is 0 Å². The minimum atomic E-state index is 0.0799. The normalized spacial score (nSPS) is 11.7. The zero-order valence-corrected chi connectivity index (χ0v) is 12.5. The van der Waals surface area contributed by atoms with E-state index in [0.717, 1.165) is 17.9 Å². The van der Waals surface area contributed by atoms with Crippen LogP contribution >= 0.6 is 0 Å². The molecule has 0 aliphatic heterocycles. The van der Waals surface area contributed by atoms with Crippen LogP contribution in [0.1, 0.15) is 29.7 Å². The number of nitriles is 1. The topological polar surface area (TPSA) is 45.0 Å². The maximum Gasteiger partial charge on any atom is 0.174 e. The first-order chi connectivity index (χ1) is 10.2. The van der Waals surface area contributed by atoms with Crippen LogP contribution in [0, 0.1) is 18.3 Å². The van der Waals surface area contributed by atoms with Crippen molar-refractivity contribution < 1.29 is 4.74 Å². The van der Waals surface area contributed by atoms with Gasteiger partial charge in [-0.3, -0.25) is 0 Å². The minimum Gasteiger partial charge on any atom is -0.479 e. The van der Waals surface area contributed by atoms with Gasteiger partial charge in [0.1, 0.15) is 11.8 Å². The molecule has 0 bridgehead atoms. The standard InChI is InChI=1S/C18H20N2O/c1-14-6-3-4-9-18(14)15(2)20-13-16-7-5-8-17(12-16)21-11-10-19/h3-9,12,15,20H,11,13H2,1-2H3. The van der Waals surface area contributed by atoms with E-state index in [9.17, 15) is 0 Å². The highest BCUT2D eigenvalue weighted by atomic mass is 16.5. The van der Waals surface area contributed by atoms with Gasteiger partial charge in [0.25, 0.3) is 0 Å². The number of rotatable bonds is 6. The Bertz CT molecular complexity index is 631.